The summed E-state index contributed by atoms with van der Waals surface area (Å²) in [7, 11) is 0. The average molecular weight is 371 g/mol. The quantitative estimate of drug-likeness (QED) is 0.572. The maximum Gasteiger partial charge on any atom is 0.320 e. The first kappa shape index (κ1) is 19.4. The number of benzene rings is 1. The summed E-state index contributed by atoms with van der Waals surface area (Å²) in [5, 5.41) is 0. The van der Waals surface area contributed by atoms with Crippen LogP contribution in [-0.2, 0) is 14.3 Å². The third-order valence-corrected chi connectivity index (χ3v) is 5.14. The minimum absolute atomic E-state index is 0.0759. The highest BCUT2D eigenvalue weighted by molar-refractivity contribution is 6.08. The molecule has 0 fully saturated rings. The Hall–Kier alpha value is -2.37. The van der Waals surface area contributed by atoms with Crippen LogP contribution in [0.15, 0.2) is 24.3 Å². The molecule has 3 rings (SSSR count). The van der Waals surface area contributed by atoms with Crippen molar-refractivity contribution in [1.82, 2.24) is 9.55 Å². The standard InChI is InChI=1S/C21H29N3O3/c1-6-27-20(26)17-18(14(4)5)24-16-10-8-7-9-15(16)22-21(24)23(19(17)25)12-11-13(2)3/h7-10,13-14,17-18H,6,11-12H2,1-5H3/t17-,18-/m0/s1. The van der Waals surface area contributed by atoms with Crippen LogP contribution in [0.4, 0.5) is 5.95 Å². The van der Waals surface area contributed by atoms with E-state index in [0.717, 1.165) is 17.5 Å². The minimum atomic E-state index is -0.845. The number of fused-ring (bicyclic) bond motifs is 3. The van der Waals surface area contributed by atoms with Crippen LogP contribution < -0.4 is 4.90 Å². The maximum atomic E-state index is 13.4. The van der Waals surface area contributed by atoms with Gasteiger partial charge in [0.05, 0.1) is 23.7 Å². The number of ether oxygens (including phenoxy) is 1. The molecule has 0 spiro atoms. The minimum Gasteiger partial charge on any atom is -0.465 e. The molecule has 0 saturated carbocycles. The summed E-state index contributed by atoms with van der Waals surface area (Å²) in [6, 6.07) is 7.54. The van der Waals surface area contributed by atoms with E-state index in [-0.39, 0.29) is 24.5 Å². The Balaban J connectivity index is 2.19. The Morgan fingerprint density at radius 2 is 1.93 bits per heavy atom. The number of nitrogens with zero attached hydrogens (tertiary/aromatic N) is 3. The summed E-state index contributed by atoms with van der Waals surface area (Å²) >= 11 is 0. The summed E-state index contributed by atoms with van der Waals surface area (Å²) in [4.78, 5) is 32.6. The van der Waals surface area contributed by atoms with E-state index in [0.29, 0.717) is 18.4 Å². The van der Waals surface area contributed by atoms with Crippen LogP contribution in [0.2, 0.25) is 0 Å². The zero-order valence-corrected chi connectivity index (χ0v) is 16.8. The monoisotopic (exact) mass is 371 g/mol. The van der Waals surface area contributed by atoms with Crippen LogP contribution >= 0.6 is 0 Å². The molecule has 6 nitrogen and oxygen atoms in total. The number of para-hydroxylation sites is 2. The predicted molar refractivity (Wildman–Crippen MR) is 106 cm³/mol. The van der Waals surface area contributed by atoms with Gasteiger partial charge in [-0.05, 0) is 37.3 Å². The summed E-state index contributed by atoms with van der Waals surface area (Å²) in [5.41, 5.74) is 1.78. The maximum absolute atomic E-state index is 13.4. The van der Waals surface area contributed by atoms with Crippen LogP contribution in [0.3, 0.4) is 0 Å². The van der Waals surface area contributed by atoms with Crippen LogP contribution in [0.5, 0.6) is 0 Å². The summed E-state index contributed by atoms with van der Waals surface area (Å²) < 4.78 is 7.36. The van der Waals surface area contributed by atoms with E-state index >= 15 is 0 Å². The molecule has 27 heavy (non-hydrogen) atoms. The van der Waals surface area contributed by atoms with E-state index in [1.54, 1.807) is 11.8 Å². The highest BCUT2D eigenvalue weighted by Gasteiger charge is 2.48. The molecule has 1 aromatic carbocycles. The Morgan fingerprint density at radius 3 is 2.56 bits per heavy atom. The topological polar surface area (TPSA) is 64.4 Å². The molecule has 0 unspecified atom stereocenters. The van der Waals surface area contributed by atoms with E-state index in [1.807, 2.05) is 38.1 Å². The number of amides is 1. The first-order chi connectivity index (χ1) is 12.9. The van der Waals surface area contributed by atoms with Gasteiger partial charge in [-0.15, -0.1) is 0 Å². The lowest BCUT2D eigenvalue weighted by molar-refractivity contribution is -0.154. The normalized spacial score (nSPS) is 19.8. The third kappa shape index (κ3) is 3.45. The third-order valence-electron chi connectivity index (χ3n) is 5.14. The molecule has 0 saturated heterocycles. The summed E-state index contributed by atoms with van der Waals surface area (Å²) in [5.74, 6) is -0.329. The molecule has 2 heterocycles. The van der Waals surface area contributed by atoms with Crippen molar-refractivity contribution in [3.8, 4) is 0 Å². The average Bonchev–Trinajstić information content (AvgIpc) is 2.98. The highest BCUT2D eigenvalue weighted by Crippen LogP contribution is 2.41. The molecular formula is C21H29N3O3. The fourth-order valence-electron chi connectivity index (χ4n) is 3.83. The van der Waals surface area contributed by atoms with Crippen LogP contribution in [-0.4, -0.2) is 34.6 Å². The lowest BCUT2D eigenvalue weighted by Crippen LogP contribution is -2.51. The zero-order valence-electron chi connectivity index (χ0n) is 16.8. The van der Waals surface area contributed by atoms with E-state index in [9.17, 15) is 9.59 Å². The number of imidazole rings is 1. The van der Waals surface area contributed by atoms with Crippen molar-refractivity contribution in [3.05, 3.63) is 24.3 Å². The number of carbonyl (C=O) groups is 2. The fraction of sp³-hybridized carbons (Fsp3) is 0.571. The second-order valence-corrected chi connectivity index (χ2v) is 7.91. The number of hydrogen-bond acceptors (Lipinski definition) is 4. The summed E-state index contributed by atoms with van der Waals surface area (Å²) in [6.07, 6.45) is 0.844. The number of anilines is 1. The van der Waals surface area contributed by atoms with Gasteiger partial charge in [0.1, 0.15) is 0 Å². The molecule has 0 aliphatic carbocycles. The van der Waals surface area contributed by atoms with Crippen LogP contribution in [0.25, 0.3) is 11.0 Å². The van der Waals surface area contributed by atoms with Crippen LogP contribution in [0.1, 0.15) is 47.1 Å². The predicted octanol–water partition coefficient (Wildman–Crippen LogP) is 3.81. The Kier molecular flexibility index (Phi) is 5.53. The van der Waals surface area contributed by atoms with Crippen molar-refractivity contribution in [2.24, 2.45) is 17.8 Å². The van der Waals surface area contributed by atoms with Crippen molar-refractivity contribution < 1.29 is 14.3 Å². The molecular weight excluding hydrogens is 342 g/mol. The van der Waals surface area contributed by atoms with Gasteiger partial charge < -0.3 is 9.30 Å². The Morgan fingerprint density at radius 1 is 1.22 bits per heavy atom. The van der Waals surface area contributed by atoms with E-state index in [1.165, 1.54) is 0 Å². The van der Waals surface area contributed by atoms with Gasteiger partial charge in [0.25, 0.3) is 0 Å². The molecule has 1 amide bonds. The molecule has 6 heteroatoms. The van der Waals surface area contributed by atoms with Crippen molar-refractivity contribution in [1.29, 1.82) is 0 Å². The molecule has 1 aliphatic rings. The molecule has 0 bridgehead atoms. The first-order valence-electron chi connectivity index (χ1n) is 9.81. The molecule has 1 aliphatic heterocycles. The van der Waals surface area contributed by atoms with Crippen molar-refractivity contribution in [2.75, 3.05) is 18.1 Å². The lowest BCUT2D eigenvalue weighted by atomic mass is 9.87. The molecule has 0 radical (unpaired) electrons. The summed E-state index contributed by atoms with van der Waals surface area (Å²) in [6.45, 7) is 10.9. The molecule has 0 N–H and O–H groups in total. The Labute approximate surface area is 160 Å². The molecule has 2 aromatic rings. The number of aromatic nitrogens is 2. The van der Waals surface area contributed by atoms with E-state index in [2.05, 4.69) is 18.4 Å². The van der Waals surface area contributed by atoms with Crippen LogP contribution in [0, 0.1) is 17.8 Å². The number of carbonyl (C=O) groups excluding carboxylic acids is 2. The van der Waals surface area contributed by atoms with Gasteiger partial charge in [0.15, 0.2) is 5.92 Å². The SMILES string of the molecule is CCOC(=O)[C@@H]1C(=O)N(CCC(C)C)c2nc3ccccc3n2[C@H]1C(C)C. The number of rotatable bonds is 6. The lowest BCUT2D eigenvalue weighted by Gasteiger charge is -2.39. The number of esters is 1. The highest BCUT2D eigenvalue weighted by atomic mass is 16.5. The van der Waals surface area contributed by atoms with Gasteiger partial charge in [-0.1, -0.05) is 39.8 Å². The Bertz CT molecular complexity index is 840. The molecule has 1 aromatic heterocycles. The second kappa shape index (κ2) is 7.71. The largest absolute Gasteiger partial charge is 0.465 e. The first-order valence-corrected chi connectivity index (χ1v) is 9.81. The van der Waals surface area contributed by atoms with Gasteiger partial charge in [-0.3, -0.25) is 14.5 Å². The second-order valence-electron chi connectivity index (χ2n) is 7.91. The van der Waals surface area contributed by atoms with Gasteiger partial charge in [0.2, 0.25) is 11.9 Å². The van der Waals surface area contributed by atoms with Crippen molar-refractivity contribution >= 4 is 28.9 Å². The van der Waals surface area contributed by atoms with E-state index in [4.69, 9.17) is 9.72 Å². The zero-order chi connectivity index (χ0) is 19.7. The van der Waals surface area contributed by atoms with Gasteiger partial charge in [0, 0.05) is 6.54 Å². The molecule has 146 valence electrons. The smallest absolute Gasteiger partial charge is 0.320 e. The fourth-order valence-corrected chi connectivity index (χ4v) is 3.83. The van der Waals surface area contributed by atoms with Crippen molar-refractivity contribution in [2.45, 2.75) is 47.1 Å². The molecule has 2 atom stereocenters. The van der Waals surface area contributed by atoms with Gasteiger partial charge in [-0.2, -0.15) is 0 Å². The van der Waals surface area contributed by atoms with E-state index < -0.39 is 11.9 Å². The number of hydrogen-bond donors (Lipinski definition) is 0. The van der Waals surface area contributed by atoms with Gasteiger partial charge >= 0.3 is 5.97 Å². The van der Waals surface area contributed by atoms with Crippen molar-refractivity contribution in [3.63, 3.8) is 0 Å². The van der Waals surface area contributed by atoms with Gasteiger partial charge in [-0.25, -0.2) is 4.98 Å².